The van der Waals surface area contributed by atoms with Crippen LogP contribution in [0.25, 0.3) is 10.8 Å². The van der Waals surface area contributed by atoms with E-state index < -0.39 is 5.91 Å². The molecule has 2 N–H and O–H groups in total. The molecule has 3 aromatic carbocycles. The smallest absolute Gasteiger partial charge is 0.259 e. The van der Waals surface area contributed by atoms with Gasteiger partial charge in [-0.25, -0.2) is 5.43 Å². The van der Waals surface area contributed by atoms with E-state index in [1.165, 1.54) is 0 Å². The van der Waals surface area contributed by atoms with Gasteiger partial charge in [0, 0.05) is 11.1 Å². The zero-order valence-electron chi connectivity index (χ0n) is 16.2. The number of nitrogens with zero attached hydrogens (tertiary/aromatic N) is 1. The monoisotopic (exact) mass is 389 g/mol. The van der Waals surface area contributed by atoms with Gasteiger partial charge in [-0.3, -0.25) is 9.59 Å². The Balaban J connectivity index is 1.49. The van der Waals surface area contributed by atoms with E-state index in [0.717, 1.165) is 22.8 Å². The first kappa shape index (κ1) is 20.1. The molecule has 0 radical (unpaired) electrons. The molecule has 0 aliphatic rings. The Morgan fingerprint density at radius 1 is 1.00 bits per heavy atom. The maximum Gasteiger partial charge on any atom is 0.259 e. The van der Waals surface area contributed by atoms with E-state index in [4.69, 9.17) is 4.74 Å². The van der Waals surface area contributed by atoms with Gasteiger partial charge in [-0.1, -0.05) is 49.4 Å². The van der Waals surface area contributed by atoms with Crippen LogP contribution in [0.4, 0.5) is 0 Å². The van der Waals surface area contributed by atoms with Crippen molar-refractivity contribution in [1.29, 1.82) is 0 Å². The molecule has 0 spiro atoms. The molecule has 0 heterocycles. The zero-order valence-corrected chi connectivity index (χ0v) is 16.2. The second-order valence-corrected chi connectivity index (χ2v) is 6.42. The van der Waals surface area contributed by atoms with Crippen molar-refractivity contribution in [2.45, 2.75) is 13.3 Å². The highest BCUT2D eigenvalue weighted by atomic mass is 16.5. The molecule has 0 fully saturated rings. The van der Waals surface area contributed by atoms with E-state index in [1.807, 2.05) is 49.4 Å². The molecule has 0 aromatic heterocycles. The molecule has 0 atom stereocenters. The van der Waals surface area contributed by atoms with E-state index in [1.54, 1.807) is 30.5 Å². The molecule has 0 unspecified atom stereocenters. The number of amides is 2. The number of fused-ring (bicyclic) bond motifs is 1. The van der Waals surface area contributed by atoms with Gasteiger partial charge in [0.15, 0.2) is 0 Å². The van der Waals surface area contributed by atoms with E-state index in [0.29, 0.717) is 17.9 Å². The Morgan fingerprint density at radius 3 is 2.55 bits per heavy atom. The molecule has 0 saturated carbocycles. The Bertz CT molecular complexity index is 1010. The molecule has 6 nitrogen and oxygen atoms in total. The predicted molar refractivity (Wildman–Crippen MR) is 114 cm³/mol. The number of ether oxygens (including phenoxy) is 1. The number of hydrogen-bond donors (Lipinski definition) is 2. The largest absolute Gasteiger partial charge is 0.494 e. The fourth-order valence-electron chi connectivity index (χ4n) is 2.76. The lowest BCUT2D eigenvalue weighted by Gasteiger charge is -2.07. The number of rotatable bonds is 8. The van der Waals surface area contributed by atoms with Crippen LogP contribution in [0.1, 0.15) is 29.3 Å². The first-order valence-electron chi connectivity index (χ1n) is 9.48. The predicted octanol–water partition coefficient (Wildman–Crippen LogP) is 3.51. The van der Waals surface area contributed by atoms with Crippen LogP contribution in [0.3, 0.4) is 0 Å². The highest BCUT2D eigenvalue weighted by Crippen LogP contribution is 2.16. The molecule has 0 saturated heterocycles. The number of nitrogens with one attached hydrogen (secondary N) is 2. The van der Waals surface area contributed by atoms with Crippen molar-refractivity contribution in [3.05, 3.63) is 77.9 Å². The fourth-order valence-corrected chi connectivity index (χ4v) is 2.76. The molecule has 148 valence electrons. The van der Waals surface area contributed by atoms with Gasteiger partial charge in [-0.15, -0.1) is 0 Å². The minimum absolute atomic E-state index is 0.167. The first-order valence-corrected chi connectivity index (χ1v) is 9.48. The number of benzene rings is 3. The van der Waals surface area contributed by atoms with E-state index in [-0.39, 0.29) is 12.5 Å². The summed E-state index contributed by atoms with van der Waals surface area (Å²) in [5.41, 5.74) is 3.79. The summed E-state index contributed by atoms with van der Waals surface area (Å²) in [4.78, 5) is 24.1. The van der Waals surface area contributed by atoms with Gasteiger partial charge in [0.1, 0.15) is 5.75 Å². The number of hydrazone groups is 1. The summed E-state index contributed by atoms with van der Waals surface area (Å²) < 4.78 is 5.48. The average Bonchev–Trinajstić information content (AvgIpc) is 2.76. The second kappa shape index (κ2) is 10.0. The number of carbonyl (C=O) groups excluding carboxylic acids is 2. The van der Waals surface area contributed by atoms with Crippen molar-refractivity contribution in [2.75, 3.05) is 13.2 Å². The standard InChI is InChI=1S/C23H23N3O3/c1-2-14-29-20-12-10-18(11-13-20)23(28)24-16-22(27)26-25-15-19-8-5-7-17-6-3-4-9-21(17)19/h3-13,15H,2,14,16H2,1H3,(H,24,28)(H,26,27)/b25-15+. The number of carbonyl (C=O) groups is 2. The summed E-state index contributed by atoms with van der Waals surface area (Å²) in [7, 11) is 0. The van der Waals surface area contributed by atoms with Crippen LogP contribution in [-0.2, 0) is 4.79 Å². The van der Waals surface area contributed by atoms with Crippen LogP contribution in [0.15, 0.2) is 71.8 Å². The second-order valence-electron chi connectivity index (χ2n) is 6.42. The maximum atomic E-state index is 12.1. The lowest BCUT2D eigenvalue weighted by molar-refractivity contribution is -0.120. The Labute approximate surface area is 169 Å². The van der Waals surface area contributed by atoms with Crippen molar-refractivity contribution < 1.29 is 14.3 Å². The molecule has 2 amide bonds. The van der Waals surface area contributed by atoms with Crippen LogP contribution in [0, 0.1) is 0 Å². The van der Waals surface area contributed by atoms with Gasteiger partial charge in [0.25, 0.3) is 11.8 Å². The van der Waals surface area contributed by atoms with Crippen molar-refractivity contribution in [3.63, 3.8) is 0 Å². The van der Waals surface area contributed by atoms with E-state index in [9.17, 15) is 9.59 Å². The summed E-state index contributed by atoms with van der Waals surface area (Å²) in [5, 5.41) is 8.71. The van der Waals surface area contributed by atoms with Crippen LogP contribution < -0.4 is 15.5 Å². The molecule has 0 aliphatic carbocycles. The Morgan fingerprint density at radius 2 is 1.76 bits per heavy atom. The molecular weight excluding hydrogens is 366 g/mol. The molecule has 29 heavy (non-hydrogen) atoms. The van der Waals surface area contributed by atoms with Gasteiger partial charge >= 0.3 is 0 Å². The fraction of sp³-hybridized carbons (Fsp3) is 0.174. The minimum Gasteiger partial charge on any atom is -0.494 e. The van der Waals surface area contributed by atoms with Crippen molar-refractivity contribution in [2.24, 2.45) is 5.10 Å². The highest BCUT2D eigenvalue weighted by molar-refractivity contribution is 6.00. The van der Waals surface area contributed by atoms with Crippen LogP contribution in [0.2, 0.25) is 0 Å². The molecule has 0 aliphatic heterocycles. The lowest BCUT2D eigenvalue weighted by atomic mass is 10.1. The Hall–Kier alpha value is -3.67. The van der Waals surface area contributed by atoms with Crippen LogP contribution in [0.5, 0.6) is 5.75 Å². The van der Waals surface area contributed by atoms with E-state index >= 15 is 0 Å². The molecule has 0 bridgehead atoms. The van der Waals surface area contributed by atoms with E-state index in [2.05, 4.69) is 15.8 Å². The van der Waals surface area contributed by atoms with Gasteiger partial charge in [0.2, 0.25) is 0 Å². The summed E-state index contributed by atoms with van der Waals surface area (Å²) in [5.74, 6) is -0.0260. The average molecular weight is 389 g/mol. The summed E-state index contributed by atoms with van der Waals surface area (Å²) in [6, 6.07) is 20.6. The SMILES string of the molecule is CCCOc1ccc(C(=O)NCC(=O)N/N=C/c2cccc3ccccc23)cc1. The quantitative estimate of drug-likeness (QED) is 0.457. The first-order chi connectivity index (χ1) is 14.2. The third-order valence-electron chi connectivity index (χ3n) is 4.22. The maximum absolute atomic E-state index is 12.1. The van der Waals surface area contributed by atoms with Gasteiger partial charge in [-0.05, 0) is 41.5 Å². The van der Waals surface area contributed by atoms with Gasteiger partial charge in [-0.2, -0.15) is 5.10 Å². The zero-order chi connectivity index (χ0) is 20.5. The Kier molecular flexibility index (Phi) is 6.95. The van der Waals surface area contributed by atoms with Gasteiger partial charge < -0.3 is 10.1 Å². The van der Waals surface area contributed by atoms with Crippen molar-refractivity contribution in [1.82, 2.24) is 10.7 Å². The molecule has 6 heteroatoms. The minimum atomic E-state index is -0.405. The summed E-state index contributed by atoms with van der Waals surface area (Å²) >= 11 is 0. The van der Waals surface area contributed by atoms with Crippen LogP contribution >= 0.6 is 0 Å². The van der Waals surface area contributed by atoms with Crippen molar-refractivity contribution >= 4 is 28.8 Å². The number of hydrogen-bond acceptors (Lipinski definition) is 4. The normalized spacial score (nSPS) is 10.8. The van der Waals surface area contributed by atoms with Crippen molar-refractivity contribution in [3.8, 4) is 5.75 Å². The highest BCUT2D eigenvalue weighted by Gasteiger charge is 2.08. The lowest BCUT2D eigenvalue weighted by Crippen LogP contribution is -2.34. The summed E-state index contributed by atoms with van der Waals surface area (Å²) in [6.45, 7) is 2.49. The summed E-state index contributed by atoms with van der Waals surface area (Å²) in [6.07, 6.45) is 2.51. The molecule has 3 rings (SSSR count). The third-order valence-corrected chi connectivity index (χ3v) is 4.22. The molecule has 3 aromatic rings. The molecular formula is C23H23N3O3. The van der Waals surface area contributed by atoms with Crippen LogP contribution in [-0.4, -0.2) is 31.2 Å². The third kappa shape index (κ3) is 5.65. The topological polar surface area (TPSA) is 79.8 Å². The van der Waals surface area contributed by atoms with Gasteiger partial charge in [0.05, 0.1) is 19.4 Å².